The van der Waals surface area contributed by atoms with E-state index in [-0.39, 0.29) is 0 Å². The Balaban J connectivity index is 1.81. The largest absolute Gasteiger partial charge is 0.489 e. The van der Waals surface area contributed by atoms with Gasteiger partial charge in [-0.1, -0.05) is 30.3 Å². The Bertz CT molecular complexity index is 729. The molecule has 0 aliphatic rings. The van der Waals surface area contributed by atoms with Gasteiger partial charge in [0.15, 0.2) is 0 Å². The second-order valence-corrected chi connectivity index (χ2v) is 5.05. The number of esters is 1. The highest BCUT2D eigenvalue weighted by Gasteiger charge is 2.11. The van der Waals surface area contributed by atoms with Crippen LogP contribution in [0, 0.1) is 0 Å². The van der Waals surface area contributed by atoms with Gasteiger partial charge in [0.1, 0.15) is 18.8 Å². The molecule has 0 radical (unpaired) electrons. The van der Waals surface area contributed by atoms with Crippen LogP contribution in [0.4, 0.5) is 0 Å². The molecule has 2 aromatic carbocycles. The molecule has 0 aliphatic heterocycles. The Hall–Kier alpha value is -3.35. The van der Waals surface area contributed by atoms with Crippen LogP contribution >= 0.6 is 0 Å². The van der Waals surface area contributed by atoms with E-state index in [9.17, 15) is 14.4 Å². The average molecular weight is 342 g/mol. The molecule has 0 aromatic heterocycles. The van der Waals surface area contributed by atoms with Crippen LogP contribution in [-0.2, 0) is 20.9 Å². The Kier molecular flexibility index (Phi) is 6.53. The van der Waals surface area contributed by atoms with Gasteiger partial charge in [-0.15, -0.1) is 0 Å². The molecule has 7 nitrogen and oxygen atoms in total. The van der Waals surface area contributed by atoms with E-state index in [1.54, 1.807) is 24.3 Å². The molecule has 0 saturated carbocycles. The Morgan fingerprint density at radius 2 is 1.60 bits per heavy atom. The summed E-state index contributed by atoms with van der Waals surface area (Å²) in [6, 6.07) is 16.2. The molecule has 7 heteroatoms. The van der Waals surface area contributed by atoms with Crippen LogP contribution in [0.1, 0.15) is 22.3 Å². The van der Waals surface area contributed by atoms with Gasteiger partial charge in [-0.3, -0.25) is 25.2 Å². The predicted octanol–water partition coefficient (Wildman–Crippen LogP) is 1.59. The van der Waals surface area contributed by atoms with E-state index >= 15 is 0 Å². The molecule has 0 bridgehead atoms. The Morgan fingerprint density at radius 3 is 2.24 bits per heavy atom. The third-order valence-electron chi connectivity index (χ3n) is 3.21. The molecule has 0 saturated heterocycles. The first-order chi connectivity index (χ1) is 12.1. The third kappa shape index (κ3) is 5.98. The lowest BCUT2D eigenvalue weighted by Gasteiger charge is -2.09. The van der Waals surface area contributed by atoms with Crippen molar-refractivity contribution in [1.82, 2.24) is 10.9 Å². The lowest BCUT2D eigenvalue weighted by Crippen LogP contribution is -2.42. The highest BCUT2D eigenvalue weighted by Crippen LogP contribution is 2.14. The summed E-state index contributed by atoms with van der Waals surface area (Å²) >= 11 is 0. The van der Waals surface area contributed by atoms with Crippen LogP contribution < -0.4 is 15.6 Å². The number of rotatable bonds is 6. The number of hydrazine groups is 1. The molecule has 0 heterocycles. The molecule has 2 N–H and O–H groups in total. The molecule has 25 heavy (non-hydrogen) atoms. The Labute approximate surface area is 144 Å². The minimum Gasteiger partial charge on any atom is -0.489 e. The van der Waals surface area contributed by atoms with Gasteiger partial charge in [0.05, 0.1) is 7.11 Å². The summed E-state index contributed by atoms with van der Waals surface area (Å²) in [7, 11) is 1.18. The van der Waals surface area contributed by atoms with Crippen molar-refractivity contribution in [1.29, 1.82) is 0 Å². The van der Waals surface area contributed by atoms with Crippen LogP contribution in [0.5, 0.6) is 5.75 Å². The van der Waals surface area contributed by atoms with Crippen molar-refractivity contribution in [3.8, 4) is 5.75 Å². The molecule has 2 aromatic rings. The molecule has 0 aliphatic carbocycles. The number of carbonyl (C=O) groups is 3. The van der Waals surface area contributed by atoms with Gasteiger partial charge in [-0.05, 0) is 29.8 Å². The Morgan fingerprint density at radius 1 is 0.920 bits per heavy atom. The normalized spacial score (nSPS) is 9.80. The van der Waals surface area contributed by atoms with Crippen molar-refractivity contribution in [2.75, 3.05) is 7.11 Å². The number of hydrogen-bond donors (Lipinski definition) is 2. The lowest BCUT2D eigenvalue weighted by molar-refractivity contribution is -0.144. The molecule has 0 spiro atoms. The molecule has 130 valence electrons. The van der Waals surface area contributed by atoms with Crippen molar-refractivity contribution in [2.45, 2.75) is 13.0 Å². The number of nitrogens with one attached hydrogen (secondary N) is 2. The van der Waals surface area contributed by atoms with E-state index in [0.717, 1.165) is 5.56 Å². The van der Waals surface area contributed by atoms with Crippen molar-refractivity contribution >= 4 is 17.8 Å². The maximum absolute atomic E-state index is 11.9. The molecular weight excluding hydrogens is 324 g/mol. The number of hydrogen-bond acceptors (Lipinski definition) is 5. The maximum Gasteiger partial charge on any atom is 0.315 e. The fraction of sp³-hybridized carbons (Fsp3) is 0.167. The van der Waals surface area contributed by atoms with Gasteiger partial charge in [-0.2, -0.15) is 0 Å². The van der Waals surface area contributed by atoms with Crippen LogP contribution in [0.25, 0.3) is 0 Å². The number of benzene rings is 2. The second kappa shape index (κ2) is 9.07. The highest BCUT2D eigenvalue weighted by molar-refractivity contribution is 5.98. The summed E-state index contributed by atoms with van der Waals surface area (Å²) in [5, 5.41) is 0. The monoisotopic (exact) mass is 342 g/mol. The zero-order valence-electron chi connectivity index (χ0n) is 13.7. The van der Waals surface area contributed by atoms with Gasteiger partial charge in [0.2, 0.25) is 5.91 Å². The predicted molar refractivity (Wildman–Crippen MR) is 89.5 cm³/mol. The summed E-state index contributed by atoms with van der Waals surface area (Å²) in [5.74, 6) is -1.24. The van der Waals surface area contributed by atoms with Crippen molar-refractivity contribution in [2.24, 2.45) is 0 Å². The average Bonchev–Trinajstić information content (AvgIpc) is 2.65. The zero-order chi connectivity index (χ0) is 18.1. The van der Waals surface area contributed by atoms with Crippen molar-refractivity contribution in [3.05, 3.63) is 65.7 Å². The van der Waals surface area contributed by atoms with Crippen LogP contribution in [0.2, 0.25) is 0 Å². The van der Waals surface area contributed by atoms with E-state index in [1.165, 1.54) is 7.11 Å². The first kappa shape index (κ1) is 18.0. The molecule has 0 unspecified atom stereocenters. The lowest BCUT2D eigenvalue weighted by atomic mass is 10.2. The summed E-state index contributed by atoms with van der Waals surface area (Å²) in [6.07, 6.45) is -0.469. The fourth-order valence-corrected chi connectivity index (χ4v) is 1.89. The van der Waals surface area contributed by atoms with Gasteiger partial charge < -0.3 is 9.47 Å². The van der Waals surface area contributed by atoms with E-state index in [2.05, 4.69) is 15.6 Å². The van der Waals surface area contributed by atoms with E-state index in [1.807, 2.05) is 30.3 Å². The van der Waals surface area contributed by atoms with Gasteiger partial charge >= 0.3 is 5.97 Å². The van der Waals surface area contributed by atoms with Gasteiger partial charge in [-0.25, -0.2) is 0 Å². The van der Waals surface area contributed by atoms with Crippen LogP contribution in [0.15, 0.2) is 54.6 Å². The molecule has 2 rings (SSSR count). The fourth-order valence-electron chi connectivity index (χ4n) is 1.89. The second-order valence-electron chi connectivity index (χ2n) is 5.05. The smallest absolute Gasteiger partial charge is 0.315 e. The first-order valence-corrected chi connectivity index (χ1v) is 7.51. The topological polar surface area (TPSA) is 93.7 Å². The number of carbonyl (C=O) groups excluding carboxylic acids is 3. The molecular formula is C18H18N2O5. The summed E-state index contributed by atoms with van der Waals surface area (Å²) in [6.45, 7) is 0.427. The third-order valence-corrected chi connectivity index (χ3v) is 3.21. The first-order valence-electron chi connectivity index (χ1n) is 7.51. The standard InChI is InChI=1S/C18H18N2O5/c1-24-17(22)11-16(21)19-20-18(23)14-7-9-15(10-8-14)25-12-13-5-3-2-4-6-13/h2-10H,11-12H2,1H3,(H,19,21)(H,20,23). The van der Waals surface area contributed by atoms with Crippen LogP contribution in [0.3, 0.4) is 0 Å². The van der Waals surface area contributed by atoms with Crippen LogP contribution in [-0.4, -0.2) is 24.9 Å². The number of amides is 2. The van der Waals surface area contributed by atoms with E-state index in [4.69, 9.17) is 4.74 Å². The van der Waals surface area contributed by atoms with Gasteiger partial charge in [0.25, 0.3) is 5.91 Å². The zero-order valence-corrected chi connectivity index (χ0v) is 13.7. The maximum atomic E-state index is 11.9. The number of methoxy groups -OCH3 is 1. The molecule has 0 atom stereocenters. The minimum atomic E-state index is -0.688. The SMILES string of the molecule is COC(=O)CC(=O)NNC(=O)c1ccc(OCc2ccccc2)cc1. The van der Waals surface area contributed by atoms with E-state index < -0.39 is 24.2 Å². The summed E-state index contributed by atoms with van der Waals surface area (Å²) in [4.78, 5) is 34.2. The van der Waals surface area contributed by atoms with Crippen molar-refractivity contribution < 1.29 is 23.9 Å². The van der Waals surface area contributed by atoms with E-state index in [0.29, 0.717) is 17.9 Å². The summed E-state index contributed by atoms with van der Waals surface area (Å²) < 4.78 is 9.98. The minimum absolute atomic E-state index is 0.338. The molecule has 0 fully saturated rings. The number of ether oxygens (including phenoxy) is 2. The highest BCUT2D eigenvalue weighted by atomic mass is 16.5. The molecule has 2 amide bonds. The quantitative estimate of drug-likeness (QED) is 0.472. The summed E-state index contributed by atoms with van der Waals surface area (Å²) in [5.41, 5.74) is 5.73. The van der Waals surface area contributed by atoms with Gasteiger partial charge in [0, 0.05) is 5.56 Å². The van der Waals surface area contributed by atoms with Crippen molar-refractivity contribution in [3.63, 3.8) is 0 Å².